The van der Waals surface area contributed by atoms with Crippen molar-refractivity contribution >= 4 is 23.2 Å². The molecule has 3 aromatic carbocycles. The summed E-state index contributed by atoms with van der Waals surface area (Å²) in [6, 6.07) is 20.4. The van der Waals surface area contributed by atoms with Crippen molar-refractivity contribution in [2.45, 2.75) is 13.5 Å². The third kappa shape index (κ3) is 4.75. The minimum absolute atomic E-state index is 0.402. The number of benzene rings is 3. The predicted molar refractivity (Wildman–Crippen MR) is 117 cm³/mol. The highest BCUT2D eigenvalue weighted by Gasteiger charge is 2.14. The lowest BCUT2D eigenvalue weighted by Gasteiger charge is -2.08. The Morgan fingerprint density at radius 3 is 2.40 bits per heavy atom. The Labute approximate surface area is 184 Å². The van der Waals surface area contributed by atoms with Crippen LogP contribution in [0.3, 0.4) is 0 Å². The Hall–Kier alpha value is -3.02. The van der Waals surface area contributed by atoms with Crippen LogP contribution in [0, 0.1) is 0 Å². The fourth-order valence-electron chi connectivity index (χ4n) is 2.88. The summed E-state index contributed by atoms with van der Waals surface area (Å²) in [6.07, 6.45) is 0. The van der Waals surface area contributed by atoms with Gasteiger partial charge >= 0.3 is 0 Å². The first-order valence-corrected chi connectivity index (χ1v) is 10.1. The smallest absolute Gasteiger partial charge is 0.258 e. The second-order valence-electron chi connectivity index (χ2n) is 6.44. The maximum Gasteiger partial charge on any atom is 0.258 e. The van der Waals surface area contributed by atoms with Gasteiger partial charge in [0.15, 0.2) is 0 Å². The summed E-state index contributed by atoms with van der Waals surface area (Å²) in [5, 5.41) is 5.06. The molecule has 0 aliphatic heterocycles. The van der Waals surface area contributed by atoms with Gasteiger partial charge in [-0.05, 0) is 67.1 Å². The number of nitrogens with zero attached hydrogens (tertiary/aromatic N) is 2. The van der Waals surface area contributed by atoms with Crippen LogP contribution in [0.1, 0.15) is 12.5 Å². The Morgan fingerprint density at radius 1 is 0.900 bits per heavy atom. The van der Waals surface area contributed by atoms with E-state index >= 15 is 0 Å². The number of hydrogen-bond donors (Lipinski definition) is 0. The van der Waals surface area contributed by atoms with Gasteiger partial charge in [0, 0.05) is 16.1 Å². The molecule has 0 unspecified atom stereocenters. The molecule has 0 aliphatic rings. The fraction of sp³-hybridized carbons (Fsp3) is 0.130. The molecule has 0 fully saturated rings. The highest BCUT2D eigenvalue weighted by atomic mass is 35.5. The molecular formula is C23H18Cl2N2O3. The first-order chi connectivity index (χ1) is 14.6. The number of halogens is 2. The number of aromatic nitrogens is 2. The van der Waals surface area contributed by atoms with Crippen molar-refractivity contribution in [2.24, 2.45) is 0 Å². The zero-order valence-electron chi connectivity index (χ0n) is 16.1. The van der Waals surface area contributed by atoms with E-state index in [4.69, 9.17) is 37.2 Å². The van der Waals surface area contributed by atoms with Gasteiger partial charge in [-0.2, -0.15) is 4.98 Å². The summed E-state index contributed by atoms with van der Waals surface area (Å²) >= 11 is 12.2. The van der Waals surface area contributed by atoms with Crippen molar-refractivity contribution in [3.63, 3.8) is 0 Å². The SMILES string of the molecule is CCOc1ccc(OCc2cccc(-c3nc(-c4ccc(Cl)cc4Cl)no3)c2)cc1. The van der Waals surface area contributed by atoms with Crippen LogP contribution >= 0.6 is 23.2 Å². The Bertz CT molecular complexity index is 1140. The van der Waals surface area contributed by atoms with Crippen molar-refractivity contribution in [2.75, 3.05) is 6.61 Å². The first-order valence-electron chi connectivity index (χ1n) is 9.36. The van der Waals surface area contributed by atoms with Gasteiger partial charge in [-0.3, -0.25) is 0 Å². The van der Waals surface area contributed by atoms with E-state index in [1.165, 1.54) is 0 Å². The maximum atomic E-state index is 6.24. The van der Waals surface area contributed by atoms with Gasteiger partial charge in [-0.1, -0.05) is 40.5 Å². The van der Waals surface area contributed by atoms with Crippen molar-refractivity contribution in [1.82, 2.24) is 10.1 Å². The highest BCUT2D eigenvalue weighted by molar-refractivity contribution is 6.36. The van der Waals surface area contributed by atoms with E-state index in [0.29, 0.717) is 40.5 Å². The topological polar surface area (TPSA) is 57.4 Å². The zero-order chi connectivity index (χ0) is 20.9. The number of hydrogen-bond acceptors (Lipinski definition) is 5. The molecule has 0 bridgehead atoms. The summed E-state index contributed by atoms with van der Waals surface area (Å²) in [6.45, 7) is 2.99. The highest BCUT2D eigenvalue weighted by Crippen LogP contribution is 2.30. The minimum atomic E-state index is 0.402. The van der Waals surface area contributed by atoms with Gasteiger partial charge < -0.3 is 14.0 Å². The Morgan fingerprint density at radius 2 is 1.67 bits per heavy atom. The second kappa shape index (κ2) is 9.20. The van der Waals surface area contributed by atoms with Crippen molar-refractivity contribution in [1.29, 1.82) is 0 Å². The summed E-state index contributed by atoms with van der Waals surface area (Å²) < 4.78 is 16.7. The second-order valence-corrected chi connectivity index (χ2v) is 7.28. The molecule has 0 saturated carbocycles. The summed E-state index contributed by atoms with van der Waals surface area (Å²) in [7, 11) is 0. The molecule has 30 heavy (non-hydrogen) atoms. The fourth-order valence-corrected chi connectivity index (χ4v) is 3.37. The minimum Gasteiger partial charge on any atom is -0.494 e. The molecule has 152 valence electrons. The van der Waals surface area contributed by atoms with E-state index in [-0.39, 0.29) is 0 Å². The van der Waals surface area contributed by atoms with Crippen LogP contribution in [0.15, 0.2) is 71.3 Å². The molecule has 7 heteroatoms. The lowest BCUT2D eigenvalue weighted by atomic mass is 10.1. The third-order valence-electron chi connectivity index (χ3n) is 4.31. The number of ether oxygens (including phenoxy) is 2. The molecule has 1 aromatic heterocycles. The van der Waals surface area contributed by atoms with Crippen LogP contribution in [0.2, 0.25) is 10.0 Å². The normalized spacial score (nSPS) is 10.8. The Kier molecular flexibility index (Phi) is 6.21. The monoisotopic (exact) mass is 440 g/mol. The van der Waals surface area contributed by atoms with E-state index < -0.39 is 0 Å². The summed E-state index contributed by atoms with van der Waals surface area (Å²) in [4.78, 5) is 4.47. The van der Waals surface area contributed by atoms with E-state index in [0.717, 1.165) is 22.6 Å². The quantitative estimate of drug-likeness (QED) is 0.320. The van der Waals surface area contributed by atoms with Gasteiger partial charge in [-0.15, -0.1) is 0 Å². The average Bonchev–Trinajstić information content (AvgIpc) is 3.24. The molecule has 0 spiro atoms. The predicted octanol–water partition coefficient (Wildman–Crippen LogP) is 6.69. The van der Waals surface area contributed by atoms with Crippen molar-refractivity contribution < 1.29 is 14.0 Å². The molecule has 5 nitrogen and oxygen atoms in total. The van der Waals surface area contributed by atoms with Crippen LogP contribution < -0.4 is 9.47 Å². The van der Waals surface area contributed by atoms with Crippen molar-refractivity contribution in [3.8, 4) is 34.3 Å². The van der Waals surface area contributed by atoms with Gasteiger partial charge in [-0.25, -0.2) is 0 Å². The van der Waals surface area contributed by atoms with E-state index in [2.05, 4.69) is 10.1 Å². The third-order valence-corrected chi connectivity index (χ3v) is 4.86. The summed E-state index contributed by atoms with van der Waals surface area (Å²) in [5.41, 5.74) is 2.43. The van der Waals surface area contributed by atoms with E-state index in [9.17, 15) is 0 Å². The van der Waals surface area contributed by atoms with Gasteiger partial charge in [0.25, 0.3) is 5.89 Å². The van der Waals surface area contributed by atoms with Crippen LogP contribution in [-0.4, -0.2) is 16.7 Å². The summed E-state index contributed by atoms with van der Waals surface area (Å²) in [5.74, 6) is 2.39. The van der Waals surface area contributed by atoms with Crippen molar-refractivity contribution in [3.05, 3.63) is 82.3 Å². The maximum absolute atomic E-state index is 6.24. The van der Waals surface area contributed by atoms with Crippen LogP contribution in [0.4, 0.5) is 0 Å². The van der Waals surface area contributed by atoms with Gasteiger partial charge in [0.1, 0.15) is 18.1 Å². The Balaban J connectivity index is 1.47. The zero-order valence-corrected chi connectivity index (χ0v) is 17.7. The van der Waals surface area contributed by atoms with Gasteiger partial charge in [0.2, 0.25) is 5.82 Å². The molecule has 4 rings (SSSR count). The molecule has 0 amide bonds. The van der Waals surface area contributed by atoms with E-state index in [1.807, 2.05) is 55.5 Å². The molecular weight excluding hydrogens is 423 g/mol. The van der Waals surface area contributed by atoms with Crippen LogP contribution in [0.5, 0.6) is 11.5 Å². The first kappa shape index (κ1) is 20.3. The van der Waals surface area contributed by atoms with Gasteiger partial charge in [0.05, 0.1) is 11.6 Å². The van der Waals surface area contributed by atoms with Crippen LogP contribution in [0.25, 0.3) is 22.8 Å². The van der Waals surface area contributed by atoms with Crippen LogP contribution in [-0.2, 0) is 6.61 Å². The molecule has 0 aliphatic carbocycles. The molecule has 0 atom stereocenters. The largest absolute Gasteiger partial charge is 0.494 e. The molecule has 4 aromatic rings. The average molecular weight is 441 g/mol. The lowest BCUT2D eigenvalue weighted by Crippen LogP contribution is -1.96. The molecule has 1 heterocycles. The van der Waals surface area contributed by atoms with E-state index in [1.54, 1.807) is 18.2 Å². The lowest BCUT2D eigenvalue weighted by molar-refractivity contribution is 0.304. The number of rotatable bonds is 7. The molecule has 0 radical (unpaired) electrons. The standard InChI is InChI=1S/C23H18Cl2N2O3/c1-2-28-18-7-9-19(10-8-18)29-14-15-4-3-5-16(12-15)23-26-22(27-30-23)20-11-6-17(24)13-21(20)25/h3-13H,2,14H2,1H3. The molecule has 0 N–H and O–H groups in total. The molecule has 0 saturated heterocycles.